The maximum Gasteiger partial charge on any atom is 0.407 e. The molecule has 0 bridgehead atoms. The molecule has 0 radical (unpaired) electrons. The fraction of sp³-hybridized carbons (Fsp3) is 0.382. The number of carboxylic acids is 1. The molecule has 2 unspecified atom stereocenters. The molecular weight excluding hydrogens is 532 g/mol. The summed E-state index contributed by atoms with van der Waals surface area (Å²) < 4.78 is 11.8. The topological polar surface area (TPSA) is 114 Å². The van der Waals surface area contributed by atoms with Gasteiger partial charge in [0.15, 0.2) is 0 Å². The first kappa shape index (κ1) is 29.3. The largest absolute Gasteiger partial charge is 0.481 e. The first-order valence-corrected chi connectivity index (χ1v) is 14.7. The van der Waals surface area contributed by atoms with Crippen molar-refractivity contribution in [3.8, 4) is 11.1 Å². The second-order valence-corrected chi connectivity index (χ2v) is 11.2. The Morgan fingerprint density at radius 1 is 0.881 bits per heavy atom. The molecule has 4 atom stereocenters. The lowest BCUT2D eigenvalue weighted by Crippen LogP contribution is -2.56. The number of carbonyl (C=O) groups is 3. The lowest BCUT2D eigenvalue weighted by atomic mass is 9.82. The summed E-state index contributed by atoms with van der Waals surface area (Å²) in [7, 11) is 0. The summed E-state index contributed by atoms with van der Waals surface area (Å²) in [4.78, 5) is 38.2. The van der Waals surface area contributed by atoms with E-state index in [1.165, 1.54) is 0 Å². The van der Waals surface area contributed by atoms with Crippen molar-refractivity contribution in [2.45, 2.75) is 69.7 Å². The summed E-state index contributed by atoms with van der Waals surface area (Å²) >= 11 is 0. The van der Waals surface area contributed by atoms with Crippen LogP contribution in [0.15, 0.2) is 78.9 Å². The van der Waals surface area contributed by atoms with Crippen LogP contribution in [0.5, 0.6) is 0 Å². The van der Waals surface area contributed by atoms with Crippen LogP contribution in [0, 0.1) is 5.92 Å². The molecule has 5 rings (SSSR count). The second-order valence-electron chi connectivity index (χ2n) is 11.2. The number of aliphatic carboxylic acids is 1. The molecule has 2 aliphatic rings. The smallest absolute Gasteiger partial charge is 0.407 e. The highest BCUT2D eigenvalue weighted by molar-refractivity contribution is 5.86. The fourth-order valence-electron chi connectivity index (χ4n) is 6.20. The molecule has 2 aliphatic carbocycles. The van der Waals surface area contributed by atoms with E-state index in [2.05, 4.69) is 34.9 Å². The minimum atomic E-state index is -1.03. The second kappa shape index (κ2) is 13.7. The van der Waals surface area contributed by atoms with Gasteiger partial charge in [-0.2, -0.15) is 0 Å². The van der Waals surface area contributed by atoms with E-state index in [0.717, 1.165) is 47.1 Å². The highest BCUT2D eigenvalue weighted by Crippen LogP contribution is 2.44. The molecule has 3 N–H and O–H groups in total. The third-order valence-corrected chi connectivity index (χ3v) is 8.40. The standard InChI is InChI=1S/C34H38N2O6/c1-22(41-20-23-11-3-2-4-12-23)32(33(39)35-30-18-10-5-13-24(30)19-31(37)38)36-34(40)42-21-29-27-16-8-6-14-25(27)26-15-7-9-17-28(26)29/h2-4,6-9,11-12,14-17,22,24,29-30,32H,5,10,13,18-21H2,1H3,(H,35,39)(H,36,40)(H,37,38)/t22-,24?,30?,32+/m0/s1. The average molecular weight is 571 g/mol. The van der Waals surface area contributed by atoms with Gasteiger partial charge in [-0.15, -0.1) is 0 Å². The molecule has 42 heavy (non-hydrogen) atoms. The number of ether oxygens (including phenoxy) is 2. The summed E-state index contributed by atoms with van der Waals surface area (Å²) in [5.41, 5.74) is 5.40. The molecule has 0 aromatic heterocycles. The van der Waals surface area contributed by atoms with E-state index in [1.807, 2.05) is 54.6 Å². The van der Waals surface area contributed by atoms with E-state index in [0.29, 0.717) is 6.42 Å². The first-order valence-electron chi connectivity index (χ1n) is 14.7. The van der Waals surface area contributed by atoms with Crippen molar-refractivity contribution in [2.24, 2.45) is 5.92 Å². The van der Waals surface area contributed by atoms with E-state index in [9.17, 15) is 19.5 Å². The Labute approximate surface area is 246 Å². The monoisotopic (exact) mass is 570 g/mol. The molecule has 0 spiro atoms. The van der Waals surface area contributed by atoms with Crippen LogP contribution < -0.4 is 10.6 Å². The molecule has 8 heteroatoms. The Hall–Kier alpha value is -4.17. The molecule has 0 saturated heterocycles. The van der Waals surface area contributed by atoms with Gasteiger partial charge in [0, 0.05) is 12.0 Å². The lowest BCUT2D eigenvalue weighted by Gasteiger charge is -2.33. The number of fused-ring (bicyclic) bond motifs is 3. The van der Waals surface area contributed by atoms with Gasteiger partial charge in [-0.1, -0.05) is 91.7 Å². The Morgan fingerprint density at radius 2 is 1.50 bits per heavy atom. The van der Waals surface area contributed by atoms with Crippen molar-refractivity contribution in [1.29, 1.82) is 0 Å². The van der Waals surface area contributed by atoms with Crippen LogP contribution in [0.3, 0.4) is 0 Å². The maximum atomic E-state index is 13.6. The predicted molar refractivity (Wildman–Crippen MR) is 159 cm³/mol. The van der Waals surface area contributed by atoms with Gasteiger partial charge in [-0.05, 0) is 53.5 Å². The number of amides is 2. The van der Waals surface area contributed by atoms with Crippen molar-refractivity contribution < 1.29 is 29.0 Å². The molecule has 1 fully saturated rings. The zero-order chi connectivity index (χ0) is 29.5. The minimum absolute atomic E-state index is 0.00448. The summed E-state index contributed by atoms with van der Waals surface area (Å²) in [5, 5.41) is 15.2. The Bertz CT molecular complexity index is 1350. The Kier molecular flexibility index (Phi) is 9.54. The van der Waals surface area contributed by atoms with Crippen molar-refractivity contribution in [2.75, 3.05) is 6.61 Å². The molecule has 1 saturated carbocycles. The predicted octanol–water partition coefficient (Wildman–Crippen LogP) is 5.65. The van der Waals surface area contributed by atoms with Gasteiger partial charge in [0.05, 0.1) is 19.1 Å². The number of rotatable bonds is 11. The zero-order valence-corrected chi connectivity index (χ0v) is 23.8. The Balaban J connectivity index is 1.27. The molecule has 3 aromatic carbocycles. The van der Waals surface area contributed by atoms with Gasteiger partial charge in [0.25, 0.3) is 0 Å². The molecular formula is C34H38N2O6. The summed E-state index contributed by atoms with van der Waals surface area (Å²) in [6.07, 6.45) is 1.89. The van der Waals surface area contributed by atoms with Gasteiger partial charge in [-0.3, -0.25) is 9.59 Å². The van der Waals surface area contributed by atoms with E-state index >= 15 is 0 Å². The molecule has 0 aliphatic heterocycles. The number of benzene rings is 3. The number of hydrogen-bond acceptors (Lipinski definition) is 5. The minimum Gasteiger partial charge on any atom is -0.481 e. The lowest BCUT2D eigenvalue weighted by molar-refractivity contribution is -0.139. The molecule has 0 heterocycles. The number of carboxylic acid groups (broad SMARTS) is 1. The highest BCUT2D eigenvalue weighted by atomic mass is 16.5. The van der Waals surface area contributed by atoms with Gasteiger partial charge in [0.1, 0.15) is 12.6 Å². The summed E-state index contributed by atoms with van der Waals surface area (Å²) in [5.74, 6) is -1.56. The fourth-order valence-corrected chi connectivity index (χ4v) is 6.20. The van der Waals surface area contributed by atoms with Crippen LogP contribution in [-0.2, 0) is 25.7 Å². The molecule has 220 valence electrons. The van der Waals surface area contributed by atoms with E-state index < -0.39 is 30.1 Å². The van der Waals surface area contributed by atoms with Gasteiger partial charge >= 0.3 is 12.1 Å². The van der Waals surface area contributed by atoms with Crippen molar-refractivity contribution in [3.05, 3.63) is 95.6 Å². The molecule has 3 aromatic rings. The maximum absolute atomic E-state index is 13.6. The first-order chi connectivity index (χ1) is 20.4. The van der Waals surface area contributed by atoms with Crippen molar-refractivity contribution in [3.63, 3.8) is 0 Å². The van der Waals surface area contributed by atoms with Crippen molar-refractivity contribution >= 4 is 18.0 Å². The third-order valence-electron chi connectivity index (χ3n) is 8.40. The highest BCUT2D eigenvalue weighted by Gasteiger charge is 2.35. The summed E-state index contributed by atoms with van der Waals surface area (Å²) in [6, 6.07) is 24.5. The van der Waals surface area contributed by atoms with Crippen LogP contribution in [-0.4, -0.2) is 47.9 Å². The van der Waals surface area contributed by atoms with E-state index in [4.69, 9.17) is 9.47 Å². The number of hydrogen-bond donors (Lipinski definition) is 3. The van der Waals surface area contributed by atoms with Crippen LogP contribution in [0.4, 0.5) is 4.79 Å². The third kappa shape index (κ3) is 6.99. The van der Waals surface area contributed by atoms with Crippen LogP contribution in [0.25, 0.3) is 11.1 Å². The van der Waals surface area contributed by atoms with Crippen molar-refractivity contribution in [1.82, 2.24) is 10.6 Å². The van der Waals surface area contributed by atoms with Crippen LogP contribution in [0.1, 0.15) is 61.6 Å². The van der Waals surface area contributed by atoms with Crippen LogP contribution >= 0.6 is 0 Å². The average Bonchev–Trinajstić information content (AvgIpc) is 3.32. The summed E-state index contributed by atoms with van der Waals surface area (Å²) in [6.45, 7) is 2.13. The van der Waals surface area contributed by atoms with E-state index in [-0.39, 0.29) is 37.5 Å². The quantitative estimate of drug-likeness (QED) is 0.275. The SMILES string of the molecule is C[C@H](OCc1ccccc1)[C@@H](NC(=O)OCC1c2ccccc2-c2ccccc21)C(=O)NC1CCCCC1CC(=O)O. The number of carbonyl (C=O) groups excluding carboxylic acids is 2. The number of alkyl carbamates (subject to hydrolysis) is 1. The van der Waals surface area contributed by atoms with Gasteiger partial charge < -0.3 is 25.2 Å². The van der Waals surface area contributed by atoms with Gasteiger partial charge in [-0.25, -0.2) is 4.79 Å². The molecule has 2 amide bonds. The van der Waals surface area contributed by atoms with E-state index in [1.54, 1.807) is 6.92 Å². The number of nitrogens with one attached hydrogen (secondary N) is 2. The normalized spacial score (nSPS) is 19.2. The Morgan fingerprint density at radius 3 is 2.17 bits per heavy atom. The molecule has 8 nitrogen and oxygen atoms in total. The van der Waals surface area contributed by atoms with Gasteiger partial charge in [0.2, 0.25) is 5.91 Å². The van der Waals surface area contributed by atoms with Crippen LogP contribution in [0.2, 0.25) is 0 Å². The zero-order valence-electron chi connectivity index (χ0n) is 23.8.